The zero-order valence-electron chi connectivity index (χ0n) is 12.3. The van der Waals surface area contributed by atoms with Crippen LogP contribution < -0.4 is 5.32 Å². The predicted molar refractivity (Wildman–Crippen MR) is 79.2 cm³/mol. The first kappa shape index (κ1) is 16.5. The molecule has 1 aromatic heterocycles. The van der Waals surface area contributed by atoms with E-state index in [0.29, 0.717) is 22.9 Å². The maximum absolute atomic E-state index is 12.5. The van der Waals surface area contributed by atoms with Crippen LogP contribution in [0.25, 0.3) is 11.3 Å². The van der Waals surface area contributed by atoms with Gasteiger partial charge in [0.25, 0.3) is 0 Å². The van der Waals surface area contributed by atoms with Crippen molar-refractivity contribution in [3.05, 3.63) is 73.3 Å². The molecular weight excluding hydrogens is 321 g/mol. The highest BCUT2D eigenvalue weighted by atomic mass is 19.4. The molecule has 0 saturated heterocycles. The van der Waals surface area contributed by atoms with Crippen LogP contribution in [0.2, 0.25) is 0 Å². The Morgan fingerprint density at radius 3 is 2.42 bits per heavy atom. The lowest BCUT2D eigenvalue weighted by Crippen LogP contribution is -2.27. The van der Waals surface area contributed by atoms with Crippen LogP contribution in [0.1, 0.15) is 11.3 Å². The van der Waals surface area contributed by atoms with Crippen LogP contribution >= 0.6 is 0 Å². The molecule has 1 aromatic carbocycles. The highest BCUT2D eigenvalue weighted by molar-refractivity contribution is 5.95. The van der Waals surface area contributed by atoms with Gasteiger partial charge in [0, 0.05) is 11.6 Å². The second kappa shape index (κ2) is 6.67. The molecule has 1 aliphatic carbocycles. The lowest BCUT2D eigenvalue weighted by atomic mass is 10.1. The number of hydrogen-bond donors (Lipinski definition) is 1. The van der Waals surface area contributed by atoms with Gasteiger partial charge >= 0.3 is 6.18 Å². The average molecular weight is 333 g/mol. The fraction of sp³-hybridized carbons (Fsp3) is 0.118. The number of nitrogens with zero attached hydrogens (tertiary/aromatic N) is 1. The van der Waals surface area contributed by atoms with Gasteiger partial charge in [-0.2, -0.15) is 13.2 Å². The highest BCUT2D eigenvalue weighted by Crippen LogP contribution is 2.31. The number of rotatable bonds is 4. The zero-order chi connectivity index (χ0) is 17.2. The van der Waals surface area contributed by atoms with Crippen molar-refractivity contribution in [1.29, 1.82) is 0 Å². The number of alkyl halides is 3. The van der Waals surface area contributed by atoms with Crippen LogP contribution in [0.5, 0.6) is 0 Å². The minimum absolute atomic E-state index is 0.137. The van der Waals surface area contributed by atoms with Crippen LogP contribution in [-0.2, 0) is 17.5 Å². The molecule has 3 rings (SSSR count). The van der Waals surface area contributed by atoms with Crippen LogP contribution in [0.4, 0.5) is 13.2 Å². The molecular formula is C17H12F3N2O2. The van der Waals surface area contributed by atoms with E-state index in [1.165, 1.54) is 12.1 Å². The van der Waals surface area contributed by atoms with Gasteiger partial charge < -0.3 is 9.84 Å². The van der Waals surface area contributed by atoms with Gasteiger partial charge in [-0.3, -0.25) is 4.79 Å². The molecule has 2 aromatic rings. The normalized spacial score (nSPS) is 15.6. The minimum Gasteiger partial charge on any atom is -0.359 e. The fourth-order valence-corrected chi connectivity index (χ4v) is 2.16. The van der Waals surface area contributed by atoms with Crippen LogP contribution in [0, 0.1) is 31.6 Å². The van der Waals surface area contributed by atoms with Gasteiger partial charge in [-0.15, -0.1) is 0 Å². The summed E-state index contributed by atoms with van der Waals surface area (Å²) < 4.78 is 42.7. The third kappa shape index (κ3) is 3.77. The Balaban J connectivity index is 1.61. The van der Waals surface area contributed by atoms with Crippen molar-refractivity contribution in [3.63, 3.8) is 0 Å². The van der Waals surface area contributed by atoms with Crippen molar-refractivity contribution in [2.45, 2.75) is 12.7 Å². The first-order valence-electron chi connectivity index (χ1n) is 7.06. The summed E-state index contributed by atoms with van der Waals surface area (Å²) in [5.41, 5.74) is 0.179. The number of hydrogen-bond acceptors (Lipinski definition) is 3. The Morgan fingerprint density at radius 2 is 1.79 bits per heavy atom. The molecule has 1 N–H and O–H groups in total. The molecule has 1 fully saturated rings. The molecule has 4 nitrogen and oxygen atoms in total. The van der Waals surface area contributed by atoms with Crippen molar-refractivity contribution in [2.75, 3.05) is 0 Å². The molecule has 0 spiro atoms. The van der Waals surface area contributed by atoms with Gasteiger partial charge in [0.2, 0.25) is 5.91 Å². The molecule has 0 bridgehead atoms. The summed E-state index contributed by atoms with van der Waals surface area (Å²) in [4.78, 5) is 11.8. The lowest BCUT2D eigenvalue weighted by molar-refractivity contribution is -0.137. The largest absolute Gasteiger partial charge is 0.416 e. The quantitative estimate of drug-likeness (QED) is 0.933. The summed E-state index contributed by atoms with van der Waals surface area (Å²) in [6.07, 6.45) is 2.50. The molecule has 123 valence electrons. The number of carbonyl (C=O) groups excluding carboxylic acids is 1. The molecule has 1 saturated carbocycles. The number of carbonyl (C=O) groups is 1. The number of nitrogens with one attached hydrogen (secondary N) is 1. The summed E-state index contributed by atoms with van der Waals surface area (Å²) in [6.45, 7) is 0.137. The van der Waals surface area contributed by atoms with Gasteiger partial charge in [-0.05, 0) is 37.8 Å². The Hall–Kier alpha value is -2.31. The van der Waals surface area contributed by atoms with E-state index in [1.807, 2.05) is 0 Å². The van der Waals surface area contributed by atoms with Crippen molar-refractivity contribution < 1.29 is 22.5 Å². The predicted octanol–water partition coefficient (Wildman–Crippen LogP) is 3.38. The average Bonchev–Trinajstić information content (AvgIpc) is 3.23. The SMILES string of the molecule is O=C(NCc1cc(-c2ccc(C(F)(F)F)cc2)no1)[C]1[CH][CH][CH][CH]1. The van der Waals surface area contributed by atoms with Gasteiger partial charge in [0.15, 0.2) is 5.76 Å². The molecule has 5 radical (unpaired) electrons. The number of halogens is 3. The summed E-state index contributed by atoms with van der Waals surface area (Å²) in [6, 6.07) is 6.20. The first-order chi connectivity index (χ1) is 11.4. The summed E-state index contributed by atoms with van der Waals surface area (Å²) in [5.74, 6) is 0.703. The van der Waals surface area contributed by atoms with E-state index in [4.69, 9.17) is 4.52 Å². The number of amides is 1. The third-order valence-corrected chi connectivity index (χ3v) is 3.41. The van der Waals surface area contributed by atoms with Crippen LogP contribution in [0.3, 0.4) is 0 Å². The van der Waals surface area contributed by atoms with Gasteiger partial charge in [0.1, 0.15) is 5.69 Å². The Kier molecular flexibility index (Phi) is 4.59. The molecule has 1 heterocycles. The standard InChI is InChI=1S/C17H12F3N2O2/c18-17(19,20)13-7-5-11(6-8-13)15-9-14(24-22-15)10-21-16(23)12-3-1-2-4-12/h1-9H,10H2,(H,21,23). The van der Waals surface area contributed by atoms with Gasteiger partial charge in [-0.1, -0.05) is 17.3 Å². The molecule has 0 unspecified atom stereocenters. The van der Waals surface area contributed by atoms with Crippen molar-refractivity contribution in [3.8, 4) is 11.3 Å². The number of aromatic nitrogens is 1. The van der Waals surface area contributed by atoms with Crippen LogP contribution in [0.15, 0.2) is 34.9 Å². The van der Waals surface area contributed by atoms with E-state index < -0.39 is 11.7 Å². The topological polar surface area (TPSA) is 55.1 Å². The second-order valence-electron chi connectivity index (χ2n) is 5.11. The Labute approximate surface area is 137 Å². The lowest BCUT2D eigenvalue weighted by Gasteiger charge is -2.07. The number of benzene rings is 1. The smallest absolute Gasteiger partial charge is 0.359 e. The third-order valence-electron chi connectivity index (χ3n) is 3.41. The van der Waals surface area contributed by atoms with E-state index in [1.54, 1.807) is 31.7 Å². The van der Waals surface area contributed by atoms with Crippen LogP contribution in [-0.4, -0.2) is 11.1 Å². The first-order valence-corrected chi connectivity index (χ1v) is 7.06. The fourth-order valence-electron chi connectivity index (χ4n) is 2.16. The summed E-state index contributed by atoms with van der Waals surface area (Å²) in [7, 11) is 0. The molecule has 0 atom stereocenters. The van der Waals surface area contributed by atoms with Crippen molar-refractivity contribution >= 4 is 5.91 Å². The Bertz CT molecular complexity index is 701. The van der Waals surface area contributed by atoms with E-state index in [-0.39, 0.29) is 12.5 Å². The van der Waals surface area contributed by atoms with E-state index >= 15 is 0 Å². The van der Waals surface area contributed by atoms with E-state index in [0.717, 1.165) is 12.1 Å². The second-order valence-corrected chi connectivity index (χ2v) is 5.11. The van der Waals surface area contributed by atoms with E-state index in [2.05, 4.69) is 10.5 Å². The Morgan fingerprint density at radius 1 is 1.12 bits per heavy atom. The van der Waals surface area contributed by atoms with Gasteiger partial charge in [0.05, 0.1) is 18.0 Å². The van der Waals surface area contributed by atoms with E-state index in [9.17, 15) is 18.0 Å². The monoisotopic (exact) mass is 333 g/mol. The van der Waals surface area contributed by atoms with Crippen molar-refractivity contribution in [1.82, 2.24) is 10.5 Å². The molecule has 0 aliphatic heterocycles. The molecule has 1 amide bonds. The van der Waals surface area contributed by atoms with Gasteiger partial charge in [-0.25, -0.2) is 0 Å². The minimum atomic E-state index is -4.38. The molecule has 24 heavy (non-hydrogen) atoms. The summed E-state index contributed by atoms with van der Waals surface area (Å²) in [5, 5.41) is 6.49. The zero-order valence-corrected chi connectivity index (χ0v) is 12.3. The highest BCUT2D eigenvalue weighted by Gasteiger charge is 2.30. The molecule has 7 heteroatoms. The maximum atomic E-state index is 12.5. The maximum Gasteiger partial charge on any atom is 0.416 e. The van der Waals surface area contributed by atoms with Crippen molar-refractivity contribution in [2.24, 2.45) is 0 Å². The summed E-state index contributed by atoms with van der Waals surface area (Å²) >= 11 is 0. The molecule has 1 aliphatic rings.